The summed E-state index contributed by atoms with van der Waals surface area (Å²) >= 11 is 0. The summed E-state index contributed by atoms with van der Waals surface area (Å²) < 4.78 is 11.8. The highest BCUT2D eigenvalue weighted by Crippen LogP contribution is 2.31. The highest BCUT2D eigenvalue weighted by Gasteiger charge is 2.27. The number of likely N-dealkylation sites (tertiary alicyclic amines) is 1. The summed E-state index contributed by atoms with van der Waals surface area (Å²) in [5.74, 6) is 2.78. The quantitative estimate of drug-likeness (QED) is 0.301. The van der Waals surface area contributed by atoms with Gasteiger partial charge in [-0.3, -0.25) is 9.89 Å². The van der Waals surface area contributed by atoms with E-state index in [1.165, 1.54) is 6.33 Å². The number of carbonyl (C=O) groups excluding carboxylic acids is 1. The summed E-state index contributed by atoms with van der Waals surface area (Å²) in [6.45, 7) is 6.60. The van der Waals surface area contributed by atoms with Gasteiger partial charge in [0.2, 0.25) is 11.7 Å². The number of methoxy groups -OCH3 is 1. The molecular formula is C31H35N11O3. The van der Waals surface area contributed by atoms with Crippen LogP contribution in [0.15, 0.2) is 42.7 Å². The third-order valence-corrected chi connectivity index (χ3v) is 8.01. The zero-order valence-electron chi connectivity index (χ0n) is 25.5. The number of anilines is 3. The minimum absolute atomic E-state index is 0.122. The second kappa shape index (κ2) is 13.1. The number of amides is 1. The number of pyridine rings is 1. The molecule has 0 spiro atoms. The van der Waals surface area contributed by atoms with Crippen molar-refractivity contribution in [3.63, 3.8) is 0 Å². The number of aromatic nitrogens is 6. The minimum atomic E-state index is -0.198. The molecule has 3 aromatic heterocycles. The molecule has 0 radical (unpaired) electrons. The molecule has 1 amide bonds. The van der Waals surface area contributed by atoms with Gasteiger partial charge in [0.05, 0.1) is 18.4 Å². The van der Waals surface area contributed by atoms with Gasteiger partial charge in [0.15, 0.2) is 0 Å². The molecule has 0 atom stereocenters. The van der Waals surface area contributed by atoms with Gasteiger partial charge in [-0.25, -0.2) is 15.0 Å². The largest absolute Gasteiger partial charge is 0.489 e. The fourth-order valence-electron chi connectivity index (χ4n) is 5.47. The van der Waals surface area contributed by atoms with E-state index < -0.39 is 0 Å². The molecule has 2 aliphatic heterocycles. The number of nitrogens with zero attached hydrogens (tertiary/aromatic N) is 9. The second-order valence-electron chi connectivity index (χ2n) is 11.1. The van der Waals surface area contributed by atoms with Crippen LogP contribution in [0, 0.1) is 18.3 Å². The van der Waals surface area contributed by atoms with Crippen LogP contribution in [0.1, 0.15) is 34.8 Å². The van der Waals surface area contributed by atoms with E-state index in [0.29, 0.717) is 66.3 Å². The lowest BCUT2D eigenvalue weighted by Gasteiger charge is -2.34. The van der Waals surface area contributed by atoms with E-state index in [-0.39, 0.29) is 17.8 Å². The van der Waals surface area contributed by atoms with Gasteiger partial charge in [0.25, 0.3) is 5.91 Å². The van der Waals surface area contributed by atoms with E-state index in [9.17, 15) is 10.1 Å². The SMILES string of the molecule is COc1nc(Nc2cc(-c3ccc(OC4CCN(C(=O)c5n[nH]c(C)n5)CC4)c(C#N)c3)ncn2)ccc1N1CCN(C)CC1. The van der Waals surface area contributed by atoms with E-state index in [1.54, 1.807) is 31.1 Å². The van der Waals surface area contributed by atoms with Crippen LogP contribution in [0.4, 0.5) is 17.3 Å². The van der Waals surface area contributed by atoms with Crippen molar-refractivity contribution in [1.82, 2.24) is 39.9 Å². The normalized spacial score (nSPS) is 15.9. The van der Waals surface area contributed by atoms with E-state index >= 15 is 0 Å². The highest BCUT2D eigenvalue weighted by molar-refractivity contribution is 5.90. The molecule has 45 heavy (non-hydrogen) atoms. The van der Waals surface area contributed by atoms with Gasteiger partial charge in [-0.1, -0.05) is 0 Å². The number of aryl methyl sites for hydroxylation is 1. The maximum atomic E-state index is 12.7. The molecule has 2 N–H and O–H groups in total. The van der Waals surface area contributed by atoms with Crippen LogP contribution in [0.25, 0.3) is 11.3 Å². The Morgan fingerprint density at radius 3 is 2.53 bits per heavy atom. The Bertz CT molecular complexity index is 1700. The first kappa shape index (κ1) is 29.8. The Kier molecular flexibility index (Phi) is 8.70. The molecule has 5 heterocycles. The summed E-state index contributed by atoms with van der Waals surface area (Å²) in [7, 11) is 3.75. The molecular weight excluding hydrogens is 574 g/mol. The molecule has 14 nitrogen and oxygen atoms in total. The van der Waals surface area contributed by atoms with Crippen molar-refractivity contribution in [2.45, 2.75) is 25.9 Å². The number of aromatic amines is 1. The predicted octanol–water partition coefficient (Wildman–Crippen LogP) is 3.02. The zero-order valence-corrected chi connectivity index (χ0v) is 25.5. The standard InChI is InChI=1S/C31H35N11O3/c1-20-35-29(39-38-20)31(43)42-10-8-23(9-11-42)45-26-6-4-21(16-22(26)18-32)24-17-28(34-19-33-24)36-27-7-5-25(30(37-27)44-3)41-14-12-40(2)13-15-41/h4-7,16-17,19,23H,8-15H2,1-3H3,(H,35,38,39)(H,33,34,36,37). The van der Waals surface area contributed by atoms with Crippen LogP contribution in [-0.4, -0.2) is 105 Å². The van der Waals surface area contributed by atoms with E-state index in [0.717, 1.165) is 37.4 Å². The Hall–Kier alpha value is -5.29. The van der Waals surface area contributed by atoms with Gasteiger partial charge in [0, 0.05) is 63.7 Å². The summed E-state index contributed by atoms with van der Waals surface area (Å²) in [5, 5.41) is 19.8. The molecule has 1 aromatic carbocycles. The second-order valence-corrected chi connectivity index (χ2v) is 11.1. The number of carbonyl (C=O) groups is 1. The lowest BCUT2D eigenvalue weighted by atomic mass is 10.1. The zero-order chi connectivity index (χ0) is 31.3. The lowest BCUT2D eigenvalue weighted by Crippen LogP contribution is -2.44. The first-order valence-electron chi connectivity index (χ1n) is 14.9. The number of likely N-dealkylation sites (N-methyl/N-ethyl adjacent to an activating group) is 1. The number of hydrogen-bond acceptors (Lipinski definition) is 12. The first-order valence-corrected chi connectivity index (χ1v) is 14.9. The topological polar surface area (TPSA) is 161 Å². The fourth-order valence-corrected chi connectivity index (χ4v) is 5.47. The average molecular weight is 610 g/mol. The lowest BCUT2D eigenvalue weighted by molar-refractivity contribution is 0.0584. The third kappa shape index (κ3) is 6.78. The van der Waals surface area contributed by atoms with Gasteiger partial charge < -0.3 is 29.5 Å². The smallest absolute Gasteiger partial charge is 0.293 e. The molecule has 4 aromatic rings. The number of ether oxygens (including phenoxy) is 2. The van der Waals surface area contributed by atoms with Crippen molar-refractivity contribution in [3.05, 3.63) is 59.9 Å². The van der Waals surface area contributed by atoms with Crippen molar-refractivity contribution in [2.24, 2.45) is 0 Å². The third-order valence-electron chi connectivity index (χ3n) is 8.01. The number of hydrogen-bond donors (Lipinski definition) is 2. The number of nitriles is 1. The summed E-state index contributed by atoms with van der Waals surface area (Å²) in [6, 6.07) is 13.4. The molecule has 0 saturated carbocycles. The van der Waals surface area contributed by atoms with Crippen LogP contribution in [0.3, 0.4) is 0 Å². The van der Waals surface area contributed by atoms with Crippen LogP contribution >= 0.6 is 0 Å². The minimum Gasteiger partial charge on any atom is -0.489 e. The molecule has 2 fully saturated rings. The highest BCUT2D eigenvalue weighted by atomic mass is 16.5. The number of piperidine rings is 1. The Morgan fingerprint density at radius 2 is 1.82 bits per heavy atom. The summed E-state index contributed by atoms with van der Waals surface area (Å²) in [5.41, 5.74) is 2.76. The van der Waals surface area contributed by atoms with Crippen molar-refractivity contribution >= 4 is 23.2 Å². The van der Waals surface area contributed by atoms with Gasteiger partial charge in [-0.2, -0.15) is 10.2 Å². The number of rotatable bonds is 8. The van der Waals surface area contributed by atoms with Crippen LogP contribution < -0.4 is 19.7 Å². The number of nitrogens with one attached hydrogen (secondary N) is 2. The van der Waals surface area contributed by atoms with Gasteiger partial charge in [-0.05, 0) is 44.3 Å². The van der Waals surface area contributed by atoms with E-state index in [1.807, 2.05) is 24.3 Å². The summed E-state index contributed by atoms with van der Waals surface area (Å²) in [4.78, 5) is 36.6. The summed E-state index contributed by atoms with van der Waals surface area (Å²) in [6.07, 6.45) is 2.62. The number of benzene rings is 1. The predicted molar refractivity (Wildman–Crippen MR) is 167 cm³/mol. The molecule has 0 bridgehead atoms. The van der Waals surface area contributed by atoms with Gasteiger partial charge in [0.1, 0.15) is 47.4 Å². The van der Waals surface area contributed by atoms with Gasteiger partial charge >= 0.3 is 0 Å². The van der Waals surface area contributed by atoms with E-state index in [2.05, 4.69) is 58.4 Å². The van der Waals surface area contributed by atoms with Crippen molar-refractivity contribution in [2.75, 3.05) is 63.6 Å². The Balaban J connectivity index is 1.10. The molecule has 6 rings (SSSR count). The maximum Gasteiger partial charge on any atom is 0.293 e. The number of H-pyrrole nitrogens is 1. The number of piperazine rings is 1. The maximum absolute atomic E-state index is 12.7. The Labute approximate surface area is 261 Å². The van der Waals surface area contributed by atoms with Crippen molar-refractivity contribution < 1.29 is 14.3 Å². The van der Waals surface area contributed by atoms with Gasteiger partial charge in [-0.15, -0.1) is 5.10 Å². The van der Waals surface area contributed by atoms with Crippen LogP contribution in [0.2, 0.25) is 0 Å². The van der Waals surface area contributed by atoms with Crippen molar-refractivity contribution in [1.29, 1.82) is 5.26 Å². The molecule has 0 unspecified atom stereocenters. The van der Waals surface area contributed by atoms with Crippen LogP contribution in [-0.2, 0) is 0 Å². The van der Waals surface area contributed by atoms with E-state index in [4.69, 9.17) is 9.47 Å². The monoisotopic (exact) mass is 609 g/mol. The molecule has 2 saturated heterocycles. The fraction of sp³-hybridized carbons (Fsp3) is 0.387. The molecule has 232 valence electrons. The average Bonchev–Trinajstić information content (AvgIpc) is 3.51. The molecule has 14 heteroatoms. The molecule has 0 aliphatic carbocycles. The Morgan fingerprint density at radius 1 is 1.02 bits per heavy atom. The molecule has 2 aliphatic rings. The van der Waals surface area contributed by atoms with Crippen molar-refractivity contribution in [3.8, 4) is 29.0 Å². The van der Waals surface area contributed by atoms with Crippen LogP contribution in [0.5, 0.6) is 11.6 Å². The first-order chi connectivity index (χ1) is 21.9.